The maximum absolute atomic E-state index is 14.8. The lowest BCUT2D eigenvalue weighted by Crippen LogP contribution is -2.40. The average molecular weight is 518 g/mol. The van der Waals surface area contributed by atoms with Gasteiger partial charge < -0.3 is 10.2 Å². The van der Waals surface area contributed by atoms with E-state index in [1.54, 1.807) is 76.2 Å². The normalized spacial score (nSPS) is 14.6. The van der Waals surface area contributed by atoms with E-state index in [9.17, 15) is 28.2 Å². The summed E-state index contributed by atoms with van der Waals surface area (Å²) in [5.74, 6) is -0.238. The summed E-state index contributed by atoms with van der Waals surface area (Å²) in [6, 6.07) is 18.7. The van der Waals surface area contributed by atoms with E-state index in [1.807, 2.05) is 0 Å². The van der Waals surface area contributed by atoms with Crippen LogP contribution in [0.25, 0.3) is 0 Å². The van der Waals surface area contributed by atoms with E-state index in [1.165, 1.54) is 17.0 Å². The number of hydrogen-bond acceptors (Lipinski definition) is 3. The molecule has 38 heavy (non-hydrogen) atoms. The van der Waals surface area contributed by atoms with E-state index in [0.717, 1.165) is 12.1 Å². The first kappa shape index (κ1) is 25.4. The van der Waals surface area contributed by atoms with Crippen molar-refractivity contribution in [1.29, 1.82) is 0 Å². The van der Waals surface area contributed by atoms with Crippen LogP contribution in [0.5, 0.6) is 11.5 Å². The van der Waals surface area contributed by atoms with Crippen LogP contribution >= 0.6 is 0 Å². The number of phenols is 2. The van der Waals surface area contributed by atoms with Crippen molar-refractivity contribution in [2.75, 3.05) is 4.90 Å². The first-order valence-corrected chi connectivity index (χ1v) is 12.1. The molecule has 0 saturated heterocycles. The van der Waals surface area contributed by atoms with Crippen LogP contribution < -0.4 is 4.90 Å². The summed E-state index contributed by atoms with van der Waals surface area (Å²) in [7, 11) is 0. The Hall–Kier alpha value is -4.26. The first-order chi connectivity index (χ1) is 17.9. The van der Waals surface area contributed by atoms with Crippen LogP contribution in [0.2, 0.25) is 0 Å². The number of phenolic OH excluding ortho intramolecular Hbond substituents is 2. The molecule has 2 N–H and O–H groups in total. The minimum Gasteiger partial charge on any atom is -0.507 e. The number of para-hydroxylation sites is 1. The molecule has 0 aliphatic carbocycles. The molecule has 0 aromatic heterocycles. The van der Waals surface area contributed by atoms with Crippen LogP contribution in [-0.4, -0.2) is 16.1 Å². The number of aromatic hydroxyl groups is 2. The molecule has 4 aromatic carbocycles. The minimum atomic E-state index is -4.58. The molecular formula is C31H26F3NO3. The van der Waals surface area contributed by atoms with Crippen molar-refractivity contribution < 1.29 is 28.2 Å². The van der Waals surface area contributed by atoms with E-state index in [0.29, 0.717) is 44.6 Å². The number of anilines is 2. The second-order valence-corrected chi connectivity index (χ2v) is 9.87. The standard InChI is InChI=1S/C31H26F3NO3/c1-17-12-22(13-18(2)27(17)36)30(23-14-19(3)28(37)20(4)15-23)25-10-5-6-11-26(25)35(29(30)38)24-9-7-8-21(16-24)31(32,33)34/h5-16,36-37H,1-4H3. The predicted molar refractivity (Wildman–Crippen MR) is 140 cm³/mol. The molecule has 0 saturated carbocycles. The molecule has 7 heteroatoms. The largest absolute Gasteiger partial charge is 0.507 e. The van der Waals surface area contributed by atoms with Gasteiger partial charge in [0.05, 0.1) is 11.3 Å². The number of aryl methyl sites for hydroxylation is 4. The number of alkyl halides is 3. The summed E-state index contributed by atoms with van der Waals surface area (Å²) in [5, 5.41) is 21.0. The molecule has 4 aromatic rings. The Kier molecular flexibility index (Phi) is 5.78. The molecular weight excluding hydrogens is 491 g/mol. The Morgan fingerprint density at radius 3 is 1.71 bits per heavy atom. The number of benzene rings is 4. The third-order valence-corrected chi connectivity index (χ3v) is 7.35. The Labute approximate surface area is 218 Å². The molecule has 0 atom stereocenters. The minimum absolute atomic E-state index is 0.0959. The van der Waals surface area contributed by atoms with Crippen LogP contribution in [-0.2, 0) is 16.4 Å². The van der Waals surface area contributed by atoms with Crippen LogP contribution in [0, 0.1) is 27.7 Å². The molecule has 0 bridgehead atoms. The second-order valence-electron chi connectivity index (χ2n) is 9.87. The zero-order chi connectivity index (χ0) is 27.6. The van der Waals surface area contributed by atoms with Gasteiger partial charge in [0.25, 0.3) is 5.91 Å². The zero-order valence-corrected chi connectivity index (χ0v) is 21.3. The lowest BCUT2D eigenvalue weighted by Gasteiger charge is -2.32. The van der Waals surface area contributed by atoms with Gasteiger partial charge in [0, 0.05) is 11.3 Å². The van der Waals surface area contributed by atoms with E-state index in [2.05, 4.69) is 0 Å². The maximum atomic E-state index is 14.8. The molecule has 0 unspecified atom stereocenters. The van der Waals surface area contributed by atoms with Crippen LogP contribution in [0.4, 0.5) is 24.5 Å². The lowest BCUT2D eigenvalue weighted by molar-refractivity contribution is -0.137. The van der Waals surface area contributed by atoms with Gasteiger partial charge in [-0.15, -0.1) is 0 Å². The van der Waals surface area contributed by atoms with Gasteiger partial charge in [-0.25, -0.2) is 0 Å². The van der Waals surface area contributed by atoms with Crippen LogP contribution in [0.15, 0.2) is 72.8 Å². The van der Waals surface area contributed by atoms with Crippen LogP contribution in [0.1, 0.15) is 44.5 Å². The van der Waals surface area contributed by atoms with Crippen molar-refractivity contribution in [3.8, 4) is 11.5 Å². The molecule has 4 nitrogen and oxygen atoms in total. The van der Waals surface area contributed by atoms with Crippen molar-refractivity contribution in [3.63, 3.8) is 0 Å². The van der Waals surface area contributed by atoms with Crippen molar-refractivity contribution in [2.45, 2.75) is 39.3 Å². The number of halogens is 3. The summed E-state index contributed by atoms with van der Waals surface area (Å²) < 4.78 is 40.9. The maximum Gasteiger partial charge on any atom is 0.416 e. The Bertz CT molecular complexity index is 1500. The fourth-order valence-corrected chi connectivity index (χ4v) is 5.53. The predicted octanol–water partition coefficient (Wildman–Crippen LogP) is 7.36. The molecule has 1 aliphatic heterocycles. The SMILES string of the molecule is Cc1cc(C2(c3cc(C)c(O)c(C)c3)C(=O)N(c3cccc(C(F)(F)F)c3)c3ccccc32)cc(C)c1O. The highest BCUT2D eigenvalue weighted by Gasteiger charge is 2.54. The number of amides is 1. The average Bonchev–Trinajstić information content (AvgIpc) is 3.13. The summed E-state index contributed by atoms with van der Waals surface area (Å²) >= 11 is 0. The number of carbonyl (C=O) groups is 1. The van der Waals surface area contributed by atoms with Gasteiger partial charge in [0.2, 0.25) is 0 Å². The van der Waals surface area contributed by atoms with Gasteiger partial charge >= 0.3 is 6.18 Å². The van der Waals surface area contributed by atoms with Gasteiger partial charge in [-0.2, -0.15) is 13.2 Å². The first-order valence-electron chi connectivity index (χ1n) is 12.1. The Morgan fingerprint density at radius 2 is 1.21 bits per heavy atom. The fourth-order valence-electron chi connectivity index (χ4n) is 5.53. The van der Waals surface area contributed by atoms with Crippen molar-refractivity contribution in [3.05, 3.63) is 117 Å². The van der Waals surface area contributed by atoms with Gasteiger partial charge in [-0.1, -0.05) is 48.5 Å². The third kappa shape index (κ3) is 3.64. The molecule has 1 aliphatic rings. The highest BCUT2D eigenvalue weighted by molar-refractivity contribution is 6.17. The smallest absolute Gasteiger partial charge is 0.416 e. The Morgan fingerprint density at radius 1 is 0.711 bits per heavy atom. The van der Waals surface area contributed by atoms with Crippen molar-refractivity contribution >= 4 is 17.3 Å². The lowest BCUT2D eigenvalue weighted by atomic mass is 9.69. The van der Waals surface area contributed by atoms with Gasteiger partial charge in [-0.05, 0) is 85.3 Å². The number of nitrogens with zero attached hydrogens (tertiary/aromatic N) is 1. The molecule has 5 rings (SSSR count). The fraction of sp³-hybridized carbons (Fsp3) is 0.194. The summed E-state index contributed by atoms with van der Waals surface area (Å²) in [4.78, 5) is 16.1. The molecule has 0 spiro atoms. The van der Waals surface area contributed by atoms with Gasteiger partial charge in [-0.3, -0.25) is 9.69 Å². The molecule has 1 amide bonds. The van der Waals surface area contributed by atoms with Crippen molar-refractivity contribution in [1.82, 2.24) is 0 Å². The van der Waals surface area contributed by atoms with Gasteiger partial charge in [0.15, 0.2) is 0 Å². The highest BCUT2D eigenvalue weighted by Crippen LogP contribution is 2.54. The summed E-state index contributed by atoms with van der Waals surface area (Å²) in [5.41, 5.74) is 2.25. The zero-order valence-electron chi connectivity index (χ0n) is 21.3. The number of rotatable bonds is 3. The molecule has 0 radical (unpaired) electrons. The van der Waals surface area contributed by atoms with Gasteiger partial charge in [0.1, 0.15) is 16.9 Å². The Balaban J connectivity index is 1.89. The number of fused-ring (bicyclic) bond motifs is 1. The van der Waals surface area contributed by atoms with E-state index in [4.69, 9.17) is 0 Å². The molecule has 0 fully saturated rings. The van der Waals surface area contributed by atoms with E-state index >= 15 is 0 Å². The van der Waals surface area contributed by atoms with Crippen LogP contribution in [0.3, 0.4) is 0 Å². The molecule has 1 heterocycles. The molecule has 194 valence electrons. The topological polar surface area (TPSA) is 60.8 Å². The van der Waals surface area contributed by atoms with E-state index < -0.39 is 23.1 Å². The number of hydrogen-bond donors (Lipinski definition) is 2. The highest BCUT2D eigenvalue weighted by atomic mass is 19.4. The third-order valence-electron chi connectivity index (χ3n) is 7.35. The summed E-state index contributed by atoms with van der Waals surface area (Å²) in [6.45, 7) is 6.96. The quantitative estimate of drug-likeness (QED) is 0.298. The number of carbonyl (C=O) groups excluding carboxylic acids is 1. The van der Waals surface area contributed by atoms with Crippen molar-refractivity contribution in [2.24, 2.45) is 0 Å². The summed E-state index contributed by atoms with van der Waals surface area (Å²) in [6.07, 6.45) is -4.58. The monoisotopic (exact) mass is 517 g/mol. The second kappa shape index (κ2) is 8.65. The van der Waals surface area contributed by atoms with E-state index in [-0.39, 0.29) is 17.2 Å².